The molecule has 0 unspecified atom stereocenters. The summed E-state index contributed by atoms with van der Waals surface area (Å²) >= 11 is 0. The topological polar surface area (TPSA) is 45.2 Å². The molecule has 0 atom stereocenters. The van der Waals surface area contributed by atoms with E-state index in [1.165, 1.54) is 12.8 Å². The summed E-state index contributed by atoms with van der Waals surface area (Å²) in [5.41, 5.74) is 0.503. The molecule has 2 rings (SSSR count). The second kappa shape index (κ2) is 5.17. The number of rotatable bonds is 3. The van der Waals surface area contributed by atoms with Crippen LogP contribution in [0.2, 0.25) is 0 Å². The maximum absolute atomic E-state index is 12.0. The van der Waals surface area contributed by atoms with Gasteiger partial charge in [-0.1, -0.05) is 18.9 Å². The van der Waals surface area contributed by atoms with E-state index in [1.807, 2.05) is 31.1 Å². The predicted molar refractivity (Wildman–Crippen MR) is 68.3 cm³/mol. The van der Waals surface area contributed by atoms with Gasteiger partial charge < -0.3 is 10.2 Å². The minimum atomic E-state index is -0.0550. The molecule has 0 saturated heterocycles. The van der Waals surface area contributed by atoms with Gasteiger partial charge in [0, 0.05) is 20.1 Å². The SMILES string of the molecule is CN(C)c1cccc(C(=O)NC2CCCC2)n1. The molecular formula is C13H19N3O. The van der Waals surface area contributed by atoms with Gasteiger partial charge in [0.1, 0.15) is 11.5 Å². The van der Waals surface area contributed by atoms with Crippen molar-refractivity contribution < 1.29 is 4.79 Å². The van der Waals surface area contributed by atoms with Crippen molar-refractivity contribution in [1.29, 1.82) is 0 Å². The second-order valence-electron chi connectivity index (χ2n) is 4.73. The molecule has 17 heavy (non-hydrogen) atoms. The molecule has 1 amide bonds. The van der Waals surface area contributed by atoms with E-state index in [2.05, 4.69) is 10.3 Å². The zero-order valence-corrected chi connectivity index (χ0v) is 10.4. The molecule has 1 aromatic heterocycles. The number of hydrogen-bond donors (Lipinski definition) is 1. The number of pyridine rings is 1. The van der Waals surface area contributed by atoms with Crippen molar-refractivity contribution in [3.8, 4) is 0 Å². The Bertz CT molecular complexity index is 397. The first-order valence-corrected chi connectivity index (χ1v) is 6.12. The van der Waals surface area contributed by atoms with Crippen LogP contribution in [0.25, 0.3) is 0 Å². The number of aromatic nitrogens is 1. The van der Waals surface area contributed by atoms with E-state index >= 15 is 0 Å². The van der Waals surface area contributed by atoms with Crippen LogP contribution in [0.15, 0.2) is 18.2 Å². The fraction of sp³-hybridized carbons (Fsp3) is 0.538. The Kier molecular flexibility index (Phi) is 3.61. The first kappa shape index (κ1) is 11.9. The standard InChI is InChI=1S/C13H19N3O/c1-16(2)12-9-5-8-11(15-12)13(17)14-10-6-3-4-7-10/h5,8-10H,3-4,6-7H2,1-2H3,(H,14,17). The second-order valence-corrected chi connectivity index (χ2v) is 4.73. The summed E-state index contributed by atoms with van der Waals surface area (Å²) in [6, 6.07) is 5.86. The molecule has 0 bridgehead atoms. The Morgan fingerprint density at radius 3 is 2.71 bits per heavy atom. The molecule has 0 spiro atoms. The van der Waals surface area contributed by atoms with Crippen LogP contribution in [0.3, 0.4) is 0 Å². The molecule has 0 aliphatic heterocycles. The molecule has 92 valence electrons. The lowest BCUT2D eigenvalue weighted by Gasteiger charge is -2.14. The van der Waals surface area contributed by atoms with Crippen LogP contribution in [-0.4, -0.2) is 31.0 Å². The Hall–Kier alpha value is -1.58. The van der Waals surface area contributed by atoms with Crippen molar-refractivity contribution in [1.82, 2.24) is 10.3 Å². The minimum Gasteiger partial charge on any atom is -0.363 e. The van der Waals surface area contributed by atoms with Gasteiger partial charge in [-0.15, -0.1) is 0 Å². The average Bonchev–Trinajstić information content (AvgIpc) is 2.82. The lowest BCUT2D eigenvalue weighted by atomic mass is 10.2. The van der Waals surface area contributed by atoms with E-state index in [0.717, 1.165) is 18.7 Å². The van der Waals surface area contributed by atoms with Gasteiger partial charge in [-0.05, 0) is 25.0 Å². The monoisotopic (exact) mass is 233 g/mol. The van der Waals surface area contributed by atoms with Gasteiger partial charge in [0.15, 0.2) is 0 Å². The normalized spacial score (nSPS) is 15.9. The van der Waals surface area contributed by atoms with Gasteiger partial charge in [0.2, 0.25) is 0 Å². The predicted octanol–water partition coefficient (Wildman–Crippen LogP) is 1.82. The third-order valence-electron chi connectivity index (χ3n) is 3.12. The highest BCUT2D eigenvalue weighted by atomic mass is 16.1. The van der Waals surface area contributed by atoms with Crippen LogP contribution >= 0.6 is 0 Å². The van der Waals surface area contributed by atoms with Crippen molar-refractivity contribution in [3.63, 3.8) is 0 Å². The van der Waals surface area contributed by atoms with E-state index in [9.17, 15) is 4.79 Å². The van der Waals surface area contributed by atoms with Gasteiger partial charge in [0.25, 0.3) is 5.91 Å². The van der Waals surface area contributed by atoms with Gasteiger partial charge in [0.05, 0.1) is 0 Å². The highest BCUT2D eigenvalue weighted by Crippen LogP contribution is 2.18. The molecular weight excluding hydrogens is 214 g/mol. The van der Waals surface area contributed by atoms with E-state index in [-0.39, 0.29) is 5.91 Å². The minimum absolute atomic E-state index is 0.0550. The molecule has 1 N–H and O–H groups in total. The fourth-order valence-electron chi connectivity index (χ4n) is 2.13. The number of carbonyl (C=O) groups is 1. The number of nitrogens with zero attached hydrogens (tertiary/aromatic N) is 2. The molecule has 0 radical (unpaired) electrons. The maximum Gasteiger partial charge on any atom is 0.270 e. The Labute approximate surface area is 102 Å². The van der Waals surface area contributed by atoms with Crippen LogP contribution in [0, 0.1) is 0 Å². The molecule has 1 heterocycles. The molecule has 4 heteroatoms. The summed E-state index contributed by atoms with van der Waals surface area (Å²) in [4.78, 5) is 18.2. The Morgan fingerprint density at radius 2 is 2.06 bits per heavy atom. The van der Waals surface area contributed by atoms with Crippen molar-refractivity contribution in [2.75, 3.05) is 19.0 Å². The molecule has 1 saturated carbocycles. The van der Waals surface area contributed by atoms with Crippen LogP contribution in [0.5, 0.6) is 0 Å². The summed E-state index contributed by atoms with van der Waals surface area (Å²) in [5, 5.41) is 3.04. The molecule has 0 aromatic carbocycles. The first-order chi connectivity index (χ1) is 8.16. The van der Waals surface area contributed by atoms with Crippen LogP contribution in [0.1, 0.15) is 36.2 Å². The van der Waals surface area contributed by atoms with Gasteiger partial charge in [-0.2, -0.15) is 0 Å². The lowest BCUT2D eigenvalue weighted by molar-refractivity contribution is 0.0933. The molecule has 1 aliphatic carbocycles. The molecule has 4 nitrogen and oxygen atoms in total. The van der Waals surface area contributed by atoms with E-state index in [0.29, 0.717) is 11.7 Å². The van der Waals surface area contributed by atoms with E-state index < -0.39 is 0 Å². The van der Waals surface area contributed by atoms with E-state index in [4.69, 9.17) is 0 Å². The largest absolute Gasteiger partial charge is 0.363 e. The smallest absolute Gasteiger partial charge is 0.270 e. The van der Waals surface area contributed by atoms with Gasteiger partial charge in [-0.3, -0.25) is 4.79 Å². The molecule has 1 fully saturated rings. The number of amides is 1. The van der Waals surface area contributed by atoms with Crippen molar-refractivity contribution in [3.05, 3.63) is 23.9 Å². The molecule has 1 aromatic rings. The Balaban J connectivity index is 2.05. The summed E-state index contributed by atoms with van der Waals surface area (Å²) < 4.78 is 0. The van der Waals surface area contributed by atoms with Gasteiger partial charge >= 0.3 is 0 Å². The quantitative estimate of drug-likeness (QED) is 0.866. The number of nitrogens with one attached hydrogen (secondary N) is 1. The maximum atomic E-state index is 12.0. The summed E-state index contributed by atoms with van der Waals surface area (Å²) in [5.74, 6) is 0.754. The average molecular weight is 233 g/mol. The summed E-state index contributed by atoms with van der Waals surface area (Å²) in [6.45, 7) is 0. The van der Waals surface area contributed by atoms with Gasteiger partial charge in [-0.25, -0.2) is 4.98 Å². The highest BCUT2D eigenvalue weighted by molar-refractivity contribution is 5.92. The molecule has 1 aliphatic rings. The van der Waals surface area contributed by atoms with Crippen molar-refractivity contribution in [2.45, 2.75) is 31.7 Å². The van der Waals surface area contributed by atoms with E-state index in [1.54, 1.807) is 6.07 Å². The zero-order valence-electron chi connectivity index (χ0n) is 10.4. The lowest BCUT2D eigenvalue weighted by Crippen LogP contribution is -2.33. The zero-order chi connectivity index (χ0) is 12.3. The number of hydrogen-bond acceptors (Lipinski definition) is 3. The van der Waals surface area contributed by atoms with Crippen LogP contribution in [0.4, 0.5) is 5.82 Å². The third-order valence-corrected chi connectivity index (χ3v) is 3.12. The summed E-state index contributed by atoms with van der Waals surface area (Å²) in [7, 11) is 3.84. The number of carbonyl (C=O) groups excluding carboxylic acids is 1. The van der Waals surface area contributed by atoms with Crippen molar-refractivity contribution >= 4 is 11.7 Å². The highest BCUT2D eigenvalue weighted by Gasteiger charge is 2.18. The fourth-order valence-corrected chi connectivity index (χ4v) is 2.13. The van der Waals surface area contributed by atoms with Crippen LogP contribution in [-0.2, 0) is 0 Å². The third kappa shape index (κ3) is 2.96. The first-order valence-electron chi connectivity index (χ1n) is 6.12. The summed E-state index contributed by atoms with van der Waals surface area (Å²) in [6.07, 6.45) is 4.63. The van der Waals surface area contributed by atoms with Crippen LogP contribution < -0.4 is 10.2 Å². The number of anilines is 1. The Morgan fingerprint density at radius 1 is 1.35 bits per heavy atom. The van der Waals surface area contributed by atoms with Crippen molar-refractivity contribution in [2.24, 2.45) is 0 Å².